The van der Waals surface area contributed by atoms with E-state index in [0.717, 1.165) is 36.3 Å². The van der Waals surface area contributed by atoms with E-state index in [2.05, 4.69) is 5.32 Å². The van der Waals surface area contributed by atoms with Gasteiger partial charge in [-0.3, -0.25) is 19.3 Å². The summed E-state index contributed by atoms with van der Waals surface area (Å²) in [4.78, 5) is 38.6. The lowest BCUT2D eigenvalue weighted by Gasteiger charge is -2.21. The first-order valence-corrected chi connectivity index (χ1v) is 11.6. The van der Waals surface area contributed by atoms with Crippen LogP contribution in [0.5, 0.6) is 5.75 Å². The van der Waals surface area contributed by atoms with Gasteiger partial charge in [0, 0.05) is 17.5 Å². The Morgan fingerprint density at radius 2 is 1.88 bits per heavy atom. The van der Waals surface area contributed by atoms with Crippen molar-refractivity contribution in [3.05, 3.63) is 57.1 Å². The number of hydrogen-bond donors (Lipinski definition) is 4. The minimum Gasteiger partial charge on any atom is -0.505 e. The van der Waals surface area contributed by atoms with Crippen LogP contribution in [0.25, 0.3) is 10.1 Å². The van der Waals surface area contributed by atoms with Gasteiger partial charge in [-0.25, -0.2) is 0 Å². The van der Waals surface area contributed by atoms with Crippen LogP contribution in [0.2, 0.25) is 10.0 Å². The smallest absolute Gasteiger partial charge is 0.256 e. The molecule has 0 aliphatic carbocycles. The van der Waals surface area contributed by atoms with Gasteiger partial charge in [0.1, 0.15) is 10.0 Å². The predicted molar refractivity (Wildman–Crippen MR) is 129 cm³/mol. The lowest BCUT2D eigenvalue weighted by molar-refractivity contribution is -0.122. The summed E-state index contributed by atoms with van der Waals surface area (Å²) in [5.41, 5.74) is 12.4. The number of fused-ring (bicyclic) bond motifs is 1. The van der Waals surface area contributed by atoms with Crippen LogP contribution in [-0.4, -0.2) is 40.3 Å². The third-order valence-electron chi connectivity index (χ3n) is 5.62. The Labute approximate surface area is 203 Å². The predicted octanol–water partition coefficient (Wildman–Crippen LogP) is 3.71. The Hall–Kier alpha value is -2.85. The fourth-order valence-electron chi connectivity index (χ4n) is 3.99. The van der Waals surface area contributed by atoms with Crippen molar-refractivity contribution < 1.29 is 19.5 Å². The van der Waals surface area contributed by atoms with Crippen molar-refractivity contribution in [1.29, 1.82) is 0 Å². The van der Waals surface area contributed by atoms with E-state index in [4.69, 9.17) is 34.7 Å². The maximum atomic E-state index is 12.8. The summed E-state index contributed by atoms with van der Waals surface area (Å²) >= 11 is 13.2. The molecule has 0 spiro atoms. The zero-order valence-corrected chi connectivity index (χ0v) is 19.6. The summed E-state index contributed by atoms with van der Waals surface area (Å²) in [5.74, 6) is -1.85. The lowest BCUT2D eigenvalue weighted by atomic mass is 10.1. The van der Waals surface area contributed by atoms with Crippen molar-refractivity contribution in [3.63, 3.8) is 0 Å². The molecule has 1 aliphatic heterocycles. The number of anilines is 1. The van der Waals surface area contributed by atoms with Crippen molar-refractivity contribution in [2.75, 3.05) is 11.9 Å². The van der Waals surface area contributed by atoms with E-state index in [1.165, 1.54) is 6.07 Å². The molecule has 1 aromatic heterocycles. The molecule has 1 atom stereocenters. The molecule has 2 heterocycles. The van der Waals surface area contributed by atoms with Crippen molar-refractivity contribution in [1.82, 2.24) is 4.90 Å². The van der Waals surface area contributed by atoms with Gasteiger partial charge in [0.2, 0.25) is 5.91 Å². The lowest BCUT2D eigenvalue weighted by Crippen LogP contribution is -2.39. The number of likely N-dealkylation sites (tertiary alicyclic amines) is 1. The SMILES string of the molecule is NC(=O)c1c(NC(=O)c2ccc(CN3CCCC3C(N)=O)cc2)sc2c(Cl)c(O)c(Cl)cc12. The van der Waals surface area contributed by atoms with Gasteiger partial charge < -0.3 is 21.9 Å². The molecule has 0 radical (unpaired) electrons. The van der Waals surface area contributed by atoms with Gasteiger partial charge in [-0.2, -0.15) is 0 Å². The quantitative estimate of drug-likeness (QED) is 0.403. The van der Waals surface area contributed by atoms with Gasteiger partial charge in [-0.15, -0.1) is 11.3 Å². The van der Waals surface area contributed by atoms with Crippen LogP contribution in [-0.2, 0) is 11.3 Å². The van der Waals surface area contributed by atoms with E-state index < -0.39 is 11.8 Å². The van der Waals surface area contributed by atoms with Crippen molar-refractivity contribution in [2.45, 2.75) is 25.4 Å². The van der Waals surface area contributed by atoms with Gasteiger partial charge >= 0.3 is 0 Å². The van der Waals surface area contributed by atoms with Crippen LogP contribution in [0, 0.1) is 0 Å². The van der Waals surface area contributed by atoms with Crippen molar-refractivity contribution >= 4 is 67.3 Å². The molecule has 1 fully saturated rings. The molecule has 11 heteroatoms. The molecule has 33 heavy (non-hydrogen) atoms. The second kappa shape index (κ2) is 9.18. The number of carbonyl (C=O) groups is 3. The molecule has 3 aromatic rings. The highest BCUT2D eigenvalue weighted by Gasteiger charge is 2.29. The molecular weight excluding hydrogens is 487 g/mol. The number of nitrogens with two attached hydrogens (primary N) is 2. The Morgan fingerprint density at radius 3 is 2.52 bits per heavy atom. The van der Waals surface area contributed by atoms with Gasteiger partial charge in [0.05, 0.1) is 21.3 Å². The van der Waals surface area contributed by atoms with Gasteiger partial charge in [0.15, 0.2) is 5.75 Å². The fourth-order valence-corrected chi connectivity index (χ4v) is 5.68. The molecule has 8 nitrogen and oxygen atoms in total. The zero-order valence-electron chi connectivity index (χ0n) is 17.2. The van der Waals surface area contributed by atoms with Crippen molar-refractivity contribution in [2.24, 2.45) is 11.5 Å². The Kier molecular flexibility index (Phi) is 6.49. The highest BCUT2D eigenvalue weighted by molar-refractivity contribution is 7.24. The van der Waals surface area contributed by atoms with Crippen LogP contribution in [0.15, 0.2) is 30.3 Å². The molecule has 2 aromatic carbocycles. The normalized spacial score (nSPS) is 16.2. The first kappa shape index (κ1) is 23.3. The van der Waals surface area contributed by atoms with E-state index in [0.29, 0.717) is 22.2 Å². The molecule has 6 N–H and O–H groups in total. The summed E-state index contributed by atoms with van der Waals surface area (Å²) in [6, 6.07) is 8.05. The van der Waals surface area contributed by atoms with E-state index in [1.807, 2.05) is 4.90 Å². The summed E-state index contributed by atoms with van der Waals surface area (Å²) in [6.07, 6.45) is 1.67. The highest BCUT2D eigenvalue weighted by Crippen LogP contribution is 2.46. The monoisotopic (exact) mass is 506 g/mol. The van der Waals surface area contributed by atoms with Crippen molar-refractivity contribution in [3.8, 4) is 5.75 Å². The van der Waals surface area contributed by atoms with E-state index in [1.54, 1.807) is 24.3 Å². The minimum atomic E-state index is -0.765. The number of primary amides is 2. The number of aromatic hydroxyl groups is 1. The van der Waals surface area contributed by atoms with Gasteiger partial charge in [0.25, 0.3) is 11.8 Å². The van der Waals surface area contributed by atoms with Crippen LogP contribution in [0.4, 0.5) is 5.00 Å². The minimum absolute atomic E-state index is 0.0222. The Balaban J connectivity index is 1.56. The molecule has 0 saturated carbocycles. The second-order valence-electron chi connectivity index (χ2n) is 7.75. The number of rotatable bonds is 6. The van der Waals surface area contributed by atoms with Crippen LogP contribution < -0.4 is 16.8 Å². The molecule has 3 amide bonds. The van der Waals surface area contributed by atoms with E-state index in [9.17, 15) is 19.5 Å². The maximum Gasteiger partial charge on any atom is 0.256 e. The molecule has 4 rings (SSSR count). The summed E-state index contributed by atoms with van der Waals surface area (Å²) in [7, 11) is 0. The number of hydrogen-bond acceptors (Lipinski definition) is 6. The molecule has 1 unspecified atom stereocenters. The largest absolute Gasteiger partial charge is 0.505 e. The van der Waals surface area contributed by atoms with E-state index >= 15 is 0 Å². The zero-order chi connectivity index (χ0) is 23.9. The summed E-state index contributed by atoms with van der Waals surface area (Å²) < 4.78 is 0.382. The van der Waals surface area contributed by atoms with Gasteiger partial charge in [-0.05, 0) is 43.1 Å². The summed E-state index contributed by atoms with van der Waals surface area (Å²) in [5, 5.41) is 13.2. The molecule has 1 saturated heterocycles. The van der Waals surface area contributed by atoms with E-state index in [-0.39, 0.29) is 38.3 Å². The standard InChI is InChI=1S/C22H20Cl2N4O4S/c23-13-8-12-15(20(26)31)22(33-18(12)16(24)17(13)29)27-21(32)11-5-3-10(4-6-11)9-28-7-1-2-14(28)19(25)30/h3-6,8,14,29H,1-2,7,9H2,(H2,25,30)(H2,26,31)(H,27,32). The molecule has 172 valence electrons. The Morgan fingerprint density at radius 1 is 1.18 bits per heavy atom. The second-order valence-corrected chi connectivity index (χ2v) is 9.56. The Bertz CT molecular complexity index is 1280. The number of carbonyl (C=O) groups excluding carboxylic acids is 3. The first-order chi connectivity index (χ1) is 15.7. The number of phenols is 1. The number of halogens is 2. The van der Waals surface area contributed by atoms with Gasteiger partial charge in [-0.1, -0.05) is 35.3 Å². The van der Waals surface area contributed by atoms with Crippen LogP contribution in [0.3, 0.4) is 0 Å². The number of nitrogens with one attached hydrogen (secondary N) is 1. The number of benzene rings is 2. The average molecular weight is 507 g/mol. The average Bonchev–Trinajstić information content (AvgIpc) is 3.37. The first-order valence-electron chi connectivity index (χ1n) is 10.0. The summed E-state index contributed by atoms with van der Waals surface area (Å²) in [6.45, 7) is 1.35. The number of amides is 3. The third kappa shape index (κ3) is 4.49. The topological polar surface area (TPSA) is 139 Å². The number of thiophene rings is 1. The van der Waals surface area contributed by atoms with Crippen LogP contribution >= 0.6 is 34.5 Å². The maximum absolute atomic E-state index is 12.8. The highest BCUT2D eigenvalue weighted by atomic mass is 35.5. The third-order valence-corrected chi connectivity index (χ3v) is 7.52. The fraction of sp³-hybridized carbons (Fsp3) is 0.227. The molecular formula is C22H20Cl2N4O4S. The molecule has 0 bridgehead atoms. The molecule has 1 aliphatic rings. The number of nitrogens with zero attached hydrogens (tertiary/aromatic N) is 1. The number of phenolic OH excluding ortho intramolecular Hbond substituents is 1. The van der Waals surface area contributed by atoms with Crippen LogP contribution in [0.1, 0.15) is 39.1 Å².